The Labute approximate surface area is 129 Å². The van der Waals surface area contributed by atoms with Gasteiger partial charge in [-0.15, -0.1) is 0 Å². The number of amides is 1. The molecule has 1 aliphatic rings. The first-order chi connectivity index (χ1) is 10.4. The molecule has 1 N–H and O–H groups in total. The number of nitro benzene ring substituents is 1. The highest BCUT2D eigenvalue weighted by Crippen LogP contribution is 2.25. The molecule has 6 heteroatoms. The molecular formula is C16H22N2O4. The Morgan fingerprint density at radius 1 is 1.36 bits per heavy atom. The van der Waals surface area contributed by atoms with Gasteiger partial charge in [0, 0.05) is 37.2 Å². The zero-order chi connectivity index (χ0) is 16.3. The van der Waals surface area contributed by atoms with E-state index in [4.69, 9.17) is 0 Å². The van der Waals surface area contributed by atoms with Gasteiger partial charge in [0.2, 0.25) is 0 Å². The molecule has 2 atom stereocenters. The van der Waals surface area contributed by atoms with Crippen molar-refractivity contribution in [3.63, 3.8) is 0 Å². The van der Waals surface area contributed by atoms with Crippen molar-refractivity contribution < 1.29 is 14.8 Å². The number of hydrogen-bond donors (Lipinski definition) is 1. The third-order valence-corrected chi connectivity index (χ3v) is 4.24. The predicted octanol–water partition coefficient (Wildman–Crippen LogP) is 2.53. The Kier molecular flexibility index (Phi) is 5.13. The highest BCUT2D eigenvalue weighted by molar-refractivity contribution is 5.94. The largest absolute Gasteiger partial charge is 0.393 e. The second kappa shape index (κ2) is 6.87. The zero-order valence-corrected chi connectivity index (χ0v) is 13.0. The van der Waals surface area contributed by atoms with E-state index in [2.05, 4.69) is 0 Å². The molecule has 0 spiro atoms. The summed E-state index contributed by atoms with van der Waals surface area (Å²) in [7, 11) is 1.68. The number of nitro groups is 1. The molecule has 1 aromatic rings. The quantitative estimate of drug-likeness (QED) is 0.684. The van der Waals surface area contributed by atoms with Crippen LogP contribution in [-0.2, 0) is 0 Å². The predicted molar refractivity (Wildman–Crippen MR) is 82.8 cm³/mol. The maximum atomic E-state index is 12.5. The van der Waals surface area contributed by atoms with Crippen molar-refractivity contribution in [3.05, 3.63) is 39.4 Å². The smallest absolute Gasteiger partial charge is 0.270 e. The maximum absolute atomic E-state index is 12.5. The van der Waals surface area contributed by atoms with Crippen LogP contribution >= 0.6 is 0 Å². The topological polar surface area (TPSA) is 83.7 Å². The highest BCUT2D eigenvalue weighted by atomic mass is 16.6. The lowest BCUT2D eigenvalue weighted by molar-refractivity contribution is -0.384. The van der Waals surface area contributed by atoms with Crippen LogP contribution in [0.25, 0.3) is 0 Å². The fourth-order valence-corrected chi connectivity index (χ4v) is 3.05. The number of aryl methyl sites for hydroxylation is 1. The SMILES string of the molecule is Cc1cc(C(=O)N(C)CC2CCCCC2O)cc([N+](=O)[O-])c1. The van der Waals surface area contributed by atoms with E-state index < -0.39 is 4.92 Å². The van der Waals surface area contributed by atoms with E-state index in [1.54, 1.807) is 24.9 Å². The van der Waals surface area contributed by atoms with E-state index in [1.807, 2.05) is 0 Å². The molecule has 0 saturated heterocycles. The van der Waals surface area contributed by atoms with E-state index in [0.29, 0.717) is 17.7 Å². The molecular weight excluding hydrogens is 284 g/mol. The van der Waals surface area contributed by atoms with Crippen LogP contribution in [0, 0.1) is 23.0 Å². The van der Waals surface area contributed by atoms with Gasteiger partial charge in [-0.1, -0.05) is 12.8 Å². The zero-order valence-electron chi connectivity index (χ0n) is 13.0. The highest BCUT2D eigenvalue weighted by Gasteiger charge is 2.26. The molecule has 120 valence electrons. The molecule has 0 bridgehead atoms. The summed E-state index contributed by atoms with van der Waals surface area (Å²) in [5.74, 6) is -0.160. The fourth-order valence-electron chi connectivity index (χ4n) is 3.05. The van der Waals surface area contributed by atoms with Crippen LogP contribution in [0.3, 0.4) is 0 Å². The van der Waals surface area contributed by atoms with Crippen LogP contribution in [0.2, 0.25) is 0 Å². The third-order valence-electron chi connectivity index (χ3n) is 4.24. The molecule has 22 heavy (non-hydrogen) atoms. The van der Waals surface area contributed by atoms with Crippen molar-refractivity contribution in [2.24, 2.45) is 5.92 Å². The van der Waals surface area contributed by atoms with E-state index in [-0.39, 0.29) is 23.6 Å². The lowest BCUT2D eigenvalue weighted by Gasteiger charge is -2.31. The second-order valence-corrected chi connectivity index (χ2v) is 6.11. The number of benzene rings is 1. The number of aliphatic hydroxyl groups excluding tert-OH is 1. The van der Waals surface area contributed by atoms with Crippen molar-refractivity contribution in [1.82, 2.24) is 4.90 Å². The summed E-state index contributed by atoms with van der Waals surface area (Å²) in [4.78, 5) is 24.4. The van der Waals surface area contributed by atoms with Crippen molar-refractivity contribution in [2.75, 3.05) is 13.6 Å². The summed E-state index contributed by atoms with van der Waals surface area (Å²) in [6.45, 7) is 2.20. The molecule has 2 unspecified atom stereocenters. The number of aliphatic hydroxyl groups is 1. The summed E-state index contributed by atoms with van der Waals surface area (Å²) in [5.41, 5.74) is 0.928. The average molecular weight is 306 g/mol. The van der Waals surface area contributed by atoms with Gasteiger partial charge in [0.05, 0.1) is 11.0 Å². The van der Waals surface area contributed by atoms with E-state index in [9.17, 15) is 20.0 Å². The molecule has 1 fully saturated rings. The Morgan fingerprint density at radius 3 is 2.68 bits per heavy atom. The first-order valence-electron chi connectivity index (χ1n) is 7.58. The third kappa shape index (κ3) is 3.82. The van der Waals surface area contributed by atoms with Gasteiger partial charge < -0.3 is 10.0 Å². The number of hydrogen-bond acceptors (Lipinski definition) is 4. The van der Waals surface area contributed by atoms with Gasteiger partial charge in [0.15, 0.2) is 0 Å². The molecule has 0 radical (unpaired) electrons. The monoisotopic (exact) mass is 306 g/mol. The van der Waals surface area contributed by atoms with Crippen LogP contribution in [-0.4, -0.2) is 40.5 Å². The Balaban J connectivity index is 2.11. The van der Waals surface area contributed by atoms with E-state index in [1.165, 1.54) is 12.1 Å². The standard InChI is InChI=1S/C16H22N2O4/c1-11-7-13(9-14(8-11)18(21)22)16(20)17(2)10-12-5-3-4-6-15(12)19/h7-9,12,15,19H,3-6,10H2,1-2H3. The normalized spacial score (nSPS) is 21.4. The molecule has 0 heterocycles. The summed E-state index contributed by atoms with van der Waals surface area (Å²) in [5, 5.41) is 20.9. The molecule has 1 aliphatic carbocycles. The second-order valence-electron chi connectivity index (χ2n) is 6.11. The first kappa shape index (κ1) is 16.4. The summed E-state index contributed by atoms with van der Waals surface area (Å²) in [6, 6.07) is 4.41. The van der Waals surface area contributed by atoms with Crippen LogP contribution in [0.15, 0.2) is 18.2 Å². The minimum atomic E-state index is -0.491. The van der Waals surface area contributed by atoms with Gasteiger partial charge in [0.25, 0.3) is 11.6 Å². The molecule has 0 aromatic heterocycles. The van der Waals surface area contributed by atoms with Crippen molar-refractivity contribution >= 4 is 11.6 Å². The number of carbonyl (C=O) groups is 1. The Morgan fingerprint density at radius 2 is 2.05 bits per heavy atom. The van der Waals surface area contributed by atoms with Crippen LogP contribution < -0.4 is 0 Å². The van der Waals surface area contributed by atoms with Gasteiger partial charge in [0.1, 0.15) is 0 Å². The van der Waals surface area contributed by atoms with Crippen LogP contribution in [0.4, 0.5) is 5.69 Å². The maximum Gasteiger partial charge on any atom is 0.270 e. The molecule has 1 aromatic carbocycles. The Hall–Kier alpha value is -1.95. The lowest BCUT2D eigenvalue weighted by Crippen LogP contribution is -2.38. The molecule has 2 rings (SSSR count). The molecule has 6 nitrogen and oxygen atoms in total. The van der Waals surface area contributed by atoms with Gasteiger partial charge in [-0.25, -0.2) is 0 Å². The van der Waals surface area contributed by atoms with Crippen molar-refractivity contribution in [3.8, 4) is 0 Å². The van der Waals surface area contributed by atoms with Gasteiger partial charge in [-0.2, -0.15) is 0 Å². The van der Waals surface area contributed by atoms with E-state index >= 15 is 0 Å². The number of carbonyl (C=O) groups excluding carboxylic acids is 1. The number of non-ortho nitro benzene ring substituents is 1. The summed E-state index contributed by atoms with van der Waals surface area (Å²) < 4.78 is 0. The first-order valence-corrected chi connectivity index (χ1v) is 7.58. The number of rotatable bonds is 4. The summed E-state index contributed by atoms with van der Waals surface area (Å²) >= 11 is 0. The van der Waals surface area contributed by atoms with Crippen LogP contribution in [0.1, 0.15) is 41.6 Å². The molecule has 1 saturated carbocycles. The van der Waals surface area contributed by atoms with Crippen LogP contribution in [0.5, 0.6) is 0 Å². The lowest BCUT2D eigenvalue weighted by atomic mass is 9.86. The Bertz CT molecular complexity index is 573. The van der Waals surface area contributed by atoms with Gasteiger partial charge >= 0.3 is 0 Å². The molecule has 1 amide bonds. The fraction of sp³-hybridized carbons (Fsp3) is 0.562. The van der Waals surface area contributed by atoms with Gasteiger partial charge in [-0.05, 0) is 31.4 Å². The van der Waals surface area contributed by atoms with Gasteiger partial charge in [-0.3, -0.25) is 14.9 Å². The number of nitrogens with zero attached hydrogens (tertiary/aromatic N) is 2. The van der Waals surface area contributed by atoms with Crippen molar-refractivity contribution in [1.29, 1.82) is 0 Å². The molecule has 0 aliphatic heterocycles. The average Bonchev–Trinajstić information content (AvgIpc) is 2.48. The van der Waals surface area contributed by atoms with E-state index in [0.717, 1.165) is 25.7 Å². The van der Waals surface area contributed by atoms with Crippen molar-refractivity contribution in [2.45, 2.75) is 38.7 Å². The minimum absolute atomic E-state index is 0.0746. The minimum Gasteiger partial charge on any atom is -0.393 e. The summed E-state index contributed by atoms with van der Waals surface area (Å²) in [6.07, 6.45) is 3.42.